The van der Waals surface area contributed by atoms with E-state index in [1.807, 2.05) is 19.1 Å². The molecule has 0 heterocycles. The number of ether oxygens (including phenoxy) is 1. The Morgan fingerprint density at radius 3 is 2.58 bits per heavy atom. The first kappa shape index (κ1) is 16.0. The van der Waals surface area contributed by atoms with Gasteiger partial charge in [0.05, 0.1) is 5.75 Å². The molecule has 19 heavy (non-hydrogen) atoms. The van der Waals surface area contributed by atoms with Crippen molar-refractivity contribution in [1.82, 2.24) is 5.32 Å². The third-order valence-electron chi connectivity index (χ3n) is 2.63. The molecule has 1 N–H and O–H groups in total. The van der Waals surface area contributed by atoms with Crippen LogP contribution >= 0.6 is 0 Å². The van der Waals surface area contributed by atoms with Gasteiger partial charge in [-0.1, -0.05) is 31.5 Å². The fourth-order valence-electron chi connectivity index (χ4n) is 1.60. The van der Waals surface area contributed by atoms with Crippen LogP contribution in [-0.4, -0.2) is 33.1 Å². The first-order chi connectivity index (χ1) is 8.78. The molecule has 0 fully saturated rings. The van der Waals surface area contributed by atoms with E-state index in [9.17, 15) is 8.42 Å². The second kappa shape index (κ2) is 6.91. The molecule has 1 rings (SSSR count). The molecule has 0 aromatic heterocycles. The Morgan fingerprint density at radius 1 is 1.32 bits per heavy atom. The van der Waals surface area contributed by atoms with E-state index in [0.29, 0.717) is 12.6 Å². The van der Waals surface area contributed by atoms with Crippen LogP contribution in [0.4, 0.5) is 0 Å². The molecule has 0 unspecified atom stereocenters. The molecular weight excluding hydrogens is 262 g/mol. The van der Waals surface area contributed by atoms with E-state index in [2.05, 4.69) is 25.2 Å². The number of rotatable bonds is 7. The van der Waals surface area contributed by atoms with Crippen LogP contribution in [0.15, 0.2) is 18.2 Å². The van der Waals surface area contributed by atoms with E-state index in [1.165, 1.54) is 6.26 Å². The molecule has 0 amide bonds. The molecule has 0 saturated heterocycles. The zero-order chi connectivity index (χ0) is 14.5. The minimum atomic E-state index is -2.98. The van der Waals surface area contributed by atoms with Crippen molar-refractivity contribution in [2.45, 2.75) is 33.4 Å². The van der Waals surface area contributed by atoms with Crippen molar-refractivity contribution < 1.29 is 13.2 Å². The summed E-state index contributed by atoms with van der Waals surface area (Å²) >= 11 is 0. The first-order valence-electron chi connectivity index (χ1n) is 6.41. The van der Waals surface area contributed by atoms with E-state index >= 15 is 0 Å². The molecule has 0 saturated carbocycles. The summed E-state index contributed by atoms with van der Waals surface area (Å²) in [6.07, 6.45) is 1.22. The monoisotopic (exact) mass is 285 g/mol. The minimum Gasteiger partial charge on any atom is -0.492 e. The Morgan fingerprint density at radius 2 is 2.00 bits per heavy atom. The molecule has 0 aliphatic rings. The number of aryl methyl sites for hydroxylation is 1. The maximum Gasteiger partial charge on any atom is 0.150 e. The zero-order valence-electron chi connectivity index (χ0n) is 12.1. The quantitative estimate of drug-likeness (QED) is 0.831. The fraction of sp³-hybridized carbons (Fsp3) is 0.571. The van der Waals surface area contributed by atoms with Gasteiger partial charge in [-0.2, -0.15) is 0 Å². The third kappa shape index (κ3) is 6.59. The van der Waals surface area contributed by atoms with Crippen LogP contribution in [0.5, 0.6) is 5.75 Å². The minimum absolute atomic E-state index is 0.0396. The molecular formula is C14H23NO3S. The van der Waals surface area contributed by atoms with E-state index in [0.717, 1.165) is 16.9 Å². The number of hydrogen-bond donors (Lipinski definition) is 1. The van der Waals surface area contributed by atoms with E-state index in [-0.39, 0.29) is 12.4 Å². The molecule has 0 radical (unpaired) electrons. The van der Waals surface area contributed by atoms with Crippen LogP contribution in [0, 0.1) is 6.92 Å². The van der Waals surface area contributed by atoms with Crippen molar-refractivity contribution in [2.75, 3.05) is 18.6 Å². The van der Waals surface area contributed by atoms with Crippen molar-refractivity contribution in [3.05, 3.63) is 29.3 Å². The van der Waals surface area contributed by atoms with Gasteiger partial charge in [0.15, 0.2) is 9.84 Å². The predicted molar refractivity (Wildman–Crippen MR) is 78.4 cm³/mol. The van der Waals surface area contributed by atoms with Crippen LogP contribution in [0.1, 0.15) is 25.0 Å². The van der Waals surface area contributed by atoms with Crippen LogP contribution in [-0.2, 0) is 16.4 Å². The summed E-state index contributed by atoms with van der Waals surface area (Å²) < 4.78 is 27.7. The highest BCUT2D eigenvalue weighted by Crippen LogP contribution is 2.20. The van der Waals surface area contributed by atoms with E-state index in [1.54, 1.807) is 0 Å². The van der Waals surface area contributed by atoms with Gasteiger partial charge >= 0.3 is 0 Å². The standard InChI is InChI=1S/C14H23NO3S/c1-11(2)15-10-13-9-12(3)5-6-14(13)18-7-8-19(4,16)17/h5-6,9,11,15H,7-8,10H2,1-4H3. The Labute approximate surface area is 116 Å². The second-order valence-electron chi connectivity index (χ2n) is 5.13. The largest absolute Gasteiger partial charge is 0.492 e. The number of benzene rings is 1. The second-order valence-corrected chi connectivity index (χ2v) is 7.38. The SMILES string of the molecule is Cc1ccc(OCCS(C)(=O)=O)c(CNC(C)C)c1. The van der Waals surface area contributed by atoms with Gasteiger partial charge in [-0.15, -0.1) is 0 Å². The zero-order valence-corrected chi connectivity index (χ0v) is 12.9. The molecule has 1 aromatic carbocycles. The average molecular weight is 285 g/mol. The Hall–Kier alpha value is -1.07. The number of hydrogen-bond acceptors (Lipinski definition) is 4. The first-order valence-corrected chi connectivity index (χ1v) is 8.47. The Kier molecular flexibility index (Phi) is 5.82. The lowest BCUT2D eigenvalue weighted by Crippen LogP contribution is -2.22. The topological polar surface area (TPSA) is 55.4 Å². The van der Waals surface area contributed by atoms with Crippen molar-refractivity contribution in [1.29, 1.82) is 0 Å². The van der Waals surface area contributed by atoms with Gasteiger partial charge in [0.1, 0.15) is 12.4 Å². The molecule has 0 atom stereocenters. The lowest BCUT2D eigenvalue weighted by molar-refractivity contribution is 0.336. The van der Waals surface area contributed by atoms with Gasteiger partial charge < -0.3 is 10.1 Å². The van der Waals surface area contributed by atoms with Crippen LogP contribution in [0.2, 0.25) is 0 Å². The Bertz CT molecular complexity index is 509. The molecule has 108 valence electrons. The maximum absolute atomic E-state index is 11.1. The van der Waals surface area contributed by atoms with Crippen molar-refractivity contribution in [3.63, 3.8) is 0 Å². The van der Waals surface area contributed by atoms with Gasteiger partial charge in [-0.05, 0) is 13.0 Å². The number of sulfone groups is 1. The van der Waals surface area contributed by atoms with E-state index < -0.39 is 9.84 Å². The summed E-state index contributed by atoms with van der Waals surface area (Å²) in [5, 5.41) is 3.34. The van der Waals surface area contributed by atoms with Gasteiger partial charge in [0, 0.05) is 24.4 Å². The highest BCUT2D eigenvalue weighted by Gasteiger charge is 2.07. The molecule has 0 aliphatic heterocycles. The van der Waals surface area contributed by atoms with E-state index in [4.69, 9.17) is 4.74 Å². The molecule has 4 nitrogen and oxygen atoms in total. The highest BCUT2D eigenvalue weighted by molar-refractivity contribution is 7.90. The summed E-state index contributed by atoms with van der Waals surface area (Å²) in [6.45, 7) is 7.10. The lowest BCUT2D eigenvalue weighted by Gasteiger charge is -2.14. The summed E-state index contributed by atoms with van der Waals surface area (Å²) in [7, 11) is -2.98. The van der Waals surface area contributed by atoms with Crippen molar-refractivity contribution in [2.24, 2.45) is 0 Å². The van der Waals surface area contributed by atoms with Crippen LogP contribution < -0.4 is 10.1 Å². The van der Waals surface area contributed by atoms with Gasteiger partial charge in [-0.3, -0.25) is 0 Å². The van der Waals surface area contributed by atoms with Crippen LogP contribution in [0.3, 0.4) is 0 Å². The number of nitrogens with one attached hydrogen (secondary N) is 1. The van der Waals surface area contributed by atoms with Gasteiger partial charge in [0.25, 0.3) is 0 Å². The normalized spacial score (nSPS) is 11.8. The maximum atomic E-state index is 11.1. The smallest absolute Gasteiger partial charge is 0.150 e. The summed E-state index contributed by atoms with van der Waals surface area (Å²) in [5.41, 5.74) is 2.22. The van der Waals surface area contributed by atoms with Crippen molar-refractivity contribution >= 4 is 9.84 Å². The molecule has 0 aliphatic carbocycles. The summed E-state index contributed by atoms with van der Waals surface area (Å²) in [5.74, 6) is 0.792. The molecule has 5 heteroatoms. The van der Waals surface area contributed by atoms with Crippen molar-refractivity contribution in [3.8, 4) is 5.75 Å². The van der Waals surface area contributed by atoms with Crippen LogP contribution in [0.25, 0.3) is 0 Å². The molecule has 0 spiro atoms. The third-order valence-corrected chi connectivity index (χ3v) is 3.54. The average Bonchev–Trinajstić information content (AvgIpc) is 2.27. The molecule has 0 bridgehead atoms. The fourth-order valence-corrected chi connectivity index (χ4v) is 1.99. The summed E-state index contributed by atoms with van der Waals surface area (Å²) in [6, 6.07) is 6.32. The highest BCUT2D eigenvalue weighted by atomic mass is 32.2. The molecule has 1 aromatic rings. The lowest BCUT2D eigenvalue weighted by atomic mass is 10.1. The summed E-state index contributed by atoms with van der Waals surface area (Å²) in [4.78, 5) is 0. The van der Waals surface area contributed by atoms with Gasteiger partial charge in [0.2, 0.25) is 0 Å². The Balaban J connectivity index is 2.70. The van der Waals surface area contributed by atoms with Gasteiger partial charge in [-0.25, -0.2) is 8.42 Å². The predicted octanol–water partition coefficient (Wildman–Crippen LogP) is 1.92.